The van der Waals surface area contributed by atoms with Crippen LogP contribution >= 0.6 is 23.2 Å². The fourth-order valence-corrected chi connectivity index (χ4v) is 6.15. The van der Waals surface area contributed by atoms with Crippen LogP contribution in [0.15, 0.2) is 72.8 Å². The normalized spacial score (nSPS) is 11.5. The maximum atomic E-state index is 6.29. The lowest BCUT2D eigenvalue weighted by Crippen LogP contribution is -2.23. The average molecular weight is 660 g/mol. The summed E-state index contributed by atoms with van der Waals surface area (Å²) in [6, 6.07) is 23.7. The van der Waals surface area contributed by atoms with E-state index in [-0.39, 0.29) is 0 Å². The van der Waals surface area contributed by atoms with Crippen LogP contribution in [-0.4, -0.2) is 62.3 Å². The zero-order valence-electron chi connectivity index (χ0n) is 27.8. The van der Waals surface area contributed by atoms with E-state index in [1.165, 1.54) is 7.40 Å². The van der Waals surface area contributed by atoms with Crippen LogP contribution in [-0.2, 0) is 0 Å². The predicted octanol–water partition coefficient (Wildman–Crippen LogP) is 9.68. The van der Waals surface area contributed by atoms with Crippen molar-refractivity contribution in [2.75, 3.05) is 58.1 Å². The minimum absolute atomic E-state index is 0.679. The number of aromatic nitrogens is 2. The number of rotatable bonds is 13. The van der Waals surface area contributed by atoms with E-state index in [9.17, 15) is 0 Å². The molecule has 0 fully saturated rings. The number of ether oxygens (including phenoxy) is 2. The van der Waals surface area contributed by atoms with Gasteiger partial charge in [0.05, 0.1) is 47.7 Å². The first kappa shape index (κ1) is 31.9. The summed E-state index contributed by atoms with van der Waals surface area (Å²) in [5.74, 6) is 1.62. The van der Waals surface area contributed by atoms with E-state index >= 15 is 0 Å². The van der Waals surface area contributed by atoms with Gasteiger partial charge in [0, 0.05) is 46.1 Å². The van der Waals surface area contributed by atoms with Crippen molar-refractivity contribution < 1.29 is 10.8 Å². The molecule has 46 heavy (non-hydrogen) atoms. The first-order chi connectivity index (χ1) is 22.9. The van der Waals surface area contributed by atoms with E-state index in [2.05, 4.69) is 22.6 Å². The molecule has 0 bridgehead atoms. The second kappa shape index (κ2) is 15.0. The molecule has 4 aromatic carbocycles. The van der Waals surface area contributed by atoms with Crippen molar-refractivity contribution in [3.63, 3.8) is 0 Å². The molecule has 2 aromatic heterocycles. The molecule has 7 nitrogen and oxygen atoms in total. The third-order valence-electron chi connectivity index (χ3n) is 8.17. The lowest BCUT2D eigenvalue weighted by atomic mass is 10.1. The Labute approximate surface area is 282 Å². The highest BCUT2D eigenvalue weighted by atomic mass is 35.5. The van der Waals surface area contributed by atoms with E-state index < -0.39 is 0 Å². The van der Waals surface area contributed by atoms with E-state index in [0.717, 1.165) is 112 Å². The molecule has 0 saturated heterocycles. The molecule has 6 rings (SSSR count). The number of anilines is 2. The molecule has 0 radical (unpaired) electrons. The van der Waals surface area contributed by atoms with Gasteiger partial charge >= 0.3 is 0 Å². The Kier molecular flexibility index (Phi) is 10.4. The number of benzene rings is 4. The van der Waals surface area contributed by atoms with Gasteiger partial charge in [0.1, 0.15) is 11.5 Å². The van der Waals surface area contributed by atoms with Crippen LogP contribution in [0, 0.1) is 0 Å². The van der Waals surface area contributed by atoms with E-state index in [1.807, 2.05) is 72.8 Å². The second-order valence-electron chi connectivity index (χ2n) is 11.3. The van der Waals surface area contributed by atoms with Crippen LogP contribution in [0.1, 0.15) is 28.0 Å². The highest BCUT2D eigenvalue weighted by molar-refractivity contribution is 6.32. The summed E-state index contributed by atoms with van der Waals surface area (Å²) in [4.78, 5) is 12.1. The summed E-state index contributed by atoms with van der Waals surface area (Å²) in [7, 11) is 6.81. The van der Waals surface area contributed by atoms with Crippen molar-refractivity contribution in [3.05, 3.63) is 82.8 Å². The third-order valence-corrected chi connectivity index (χ3v) is 8.64. The highest BCUT2D eigenvalue weighted by Crippen LogP contribution is 2.35. The summed E-state index contributed by atoms with van der Waals surface area (Å²) in [5.41, 5.74) is 5.72. The monoisotopic (exact) mass is 658 g/mol. The van der Waals surface area contributed by atoms with Crippen molar-refractivity contribution >= 4 is 78.2 Å². The molecule has 0 amide bonds. The van der Waals surface area contributed by atoms with Gasteiger partial charge in [-0.25, -0.2) is 9.97 Å². The van der Waals surface area contributed by atoms with E-state index in [0.29, 0.717) is 10.0 Å². The number of nitrogens with zero attached hydrogens (tertiary/aromatic N) is 3. The maximum absolute atomic E-state index is 6.29. The SMILES string of the molecule is COc1ccc2nc3cc(Cl)ccc3c(NCCCCN(C)CCCNc3c4ccc(Cl)cc4nc4ccc(OC)cc34)c2c1.[2H]C. The first-order valence-electron chi connectivity index (χ1n) is 16.2. The molecule has 0 saturated carbocycles. The fourth-order valence-electron chi connectivity index (χ4n) is 5.82. The number of hydrogen-bond donors (Lipinski definition) is 2. The molecule has 0 aliphatic rings. The topological polar surface area (TPSA) is 71.5 Å². The Bertz CT molecular complexity index is 1990. The molecule has 0 spiro atoms. The fraction of sp³-hybridized carbons (Fsp3) is 0.297. The molecule has 2 heterocycles. The molecule has 9 heteroatoms. The van der Waals surface area contributed by atoms with Crippen molar-refractivity contribution in [1.82, 2.24) is 14.9 Å². The smallest absolute Gasteiger partial charge is 0.119 e. The van der Waals surface area contributed by atoms with Crippen molar-refractivity contribution in [3.8, 4) is 11.5 Å². The van der Waals surface area contributed by atoms with Gasteiger partial charge in [-0.15, -0.1) is 0 Å². The quantitative estimate of drug-likeness (QED) is 0.0945. The van der Waals surface area contributed by atoms with Gasteiger partial charge < -0.3 is 25.0 Å². The zero-order chi connectivity index (χ0) is 33.3. The molecular weight excluding hydrogens is 617 g/mol. The van der Waals surface area contributed by atoms with Crippen LogP contribution in [0.5, 0.6) is 11.5 Å². The van der Waals surface area contributed by atoms with Crippen LogP contribution in [0.4, 0.5) is 11.4 Å². The number of fused-ring (bicyclic) bond motifs is 4. The van der Waals surface area contributed by atoms with Crippen LogP contribution in [0.3, 0.4) is 0 Å². The molecule has 240 valence electrons. The van der Waals surface area contributed by atoms with Gasteiger partial charge in [0.25, 0.3) is 0 Å². The number of methoxy groups -OCH3 is 2. The molecule has 0 atom stereocenters. The van der Waals surface area contributed by atoms with Crippen molar-refractivity contribution in [2.45, 2.75) is 26.7 Å². The Morgan fingerprint density at radius 2 is 1.11 bits per heavy atom. The van der Waals surface area contributed by atoms with Gasteiger partial charge in [-0.2, -0.15) is 0 Å². The standard InChI is InChI=1S/C36H37Cl2N5O2.CH4/c1-43(18-6-16-40-36-28-12-8-24(38)20-34(28)42-32-14-10-26(45-3)22-30(32)36)17-5-4-15-39-35-27-11-7-23(37)19-33(27)41-31-13-9-25(44-2)21-29(31)35;/h7-14,19-22H,4-6,15-18H2,1-3H3,(H,39,41)(H,40,42);1H4/i;1D. The third kappa shape index (κ3) is 7.33. The molecule has 6 aromatic rings. The number of hydrogen-bond acceptors (Lipinski definition) is 7. The molecule has 0 unspecified atom stereocenters. The second-order valence-corrected chi connectivity index (χ2v) is 12.2. The number of unbranched alkanes of at least 4 members (excludes halogenated alkanes) is 1. The van der Waals surface area contributed by atoms with Gasteiger partial charge in [0.15, 0.2) is 0 Å². The number of nitrogens with one attached hydrogen (secondary N) is 2. The number of halogens is 2. The van der Waals surface area contributed by atoms with Crippen LogP contribution < -0.4 is 20.1 Å². The molecule has 0 aliphatic carbocycles. The van der Waals surface area contributed by atoms with Crippen molar-refractivity contribution in [2.24, 2.45) is 0 Å². The lowest BCUT2D eigenvalue weighted by molar-refractivity contribution is 0.326. The van der Waals surface area contributed by atoms with Gasteiger partial charge in [-0.3, -0.25) is 0 Å². The van der Waals surface area contributed by atoms with Crippen molar-refractivity contribution in [1.29, 1.82) is 0 Å². The first-order valence-corrected chi connectivity index (χ1v) is 16.0. The summed E-state index contributed by atoms with van der Waals surface area (Å²) < 4.78 is 16.7. The molecular formula is C37H41Cl2N5O2. The Morgan fingerprint density at radius 3 is 1.61 bits per heavy atom. The van der Waals surface area contributed by atoms with Gasteiger partial charge in [-0.05, 0) is 112 Å². The minimum Gasteiger partial charge on any atom is -0.497 e. The van der Waals surface area contributed by atoms with Crippen LogP contribution in [0.25, 0.3) is 43.6 Å². The summed E-state index contributed by atoms with van der Waals surface area (Å²) >= 11 is 12.6. The Balaban J connectivity index is 0.00000213. The summed E-state index contributed by atoms with van der Waals surface area (Å²) in [6.07, 6.45) is 3.15. The predicted molar refractivity (Wildman–Crippen MR) is 197 cm³/mol. The number of pyridine rings is 2. The summed E-state index contributed by atoms with van der Waals surface area (Å²) in [5, 5.41) is 12.9. The van der Waals surface area contributed by atoms with Gasteiger partial charge in [0.2, 0.25) is 0 Å². The average Bonchev–Trinajstić information content (AvgIpc) is 3.09. The van der Waals surface area contributed by atoms with E-state index in [1.54, 1.807) is 14.2 Å². The summed E-state index contributed by atoms with van der Waals surface area (Å²) in [6.45, 7) is 3.73. The van der Waals surface area contributed by atoms with Crippen LogP contribution in [0.2, 0.25) is 10.0 Å². The zero-order valence-corrected chi connectivity index (χ0v) is 28.3. The van der Waals surface area contributed by atoms with E-state index in [4.69, 9.17) is 44.0 Å². The maximum Gasteiger partial charge on any atom is 0.119 e. The molecule has 2 N–H and O–H groups in total. The highest BCUT2D eigenvalue weighted by Gasteiger charge is 2.13. The van der Waals surface area contributed by atoms with Gasteiger partial charge in [-0.1, -0.05) is 30.6 Å². The Hall–Kier alpha value is -4.04. The Morgan fingerprint density at radius 1 is 0.630 bits per heavy atom. The largest absolute Gasteiger partial charge is 0.497 e. The minimum atomic E-state index is 0.679. The lowest BCUT2D eigenvalue weighted by Gasteiger charge is -2.18. The molecule has 0 aliphatic heterocycles.